The first-order valence-corrected chi connectivity index (χ1v) is 10.2. The van der Waals surface area contributed by atoms with Crippen molar-refractivity contribution in [3.05, 3.63) is 72.3 Å². The zero-order valence-corrected chi connectivity index (χ0v) is 17.4. The normalized spacial score (nSPS) is 15.9. The number of anilines is 1. The van der Waals surface area contributed by atoms with E-state index in [1.807, 2.05) is 43.3 Å². The smallest absolute Gasteiger partial charge is 0.254 e. The number of hydrogen-bond donors (Lipinski definition) is 0. The molecule has 0 N–H and O–H groups in total. The van der Waals surface area contributed by atoms with Gasteiger partial charge in [0.15, 0.2) is 0 Å². The van der Waals surface area contributed by atoms with Crippen LogP contribution in [0.15, 0.2) is 61.2 Å². The molecule has 1 saturated heterocycles. The Balaban J connectivity index is 1.52. The highest BCUT2D eigenvalue weighted by Crippen LogP contribution is 2.19. The molecule has 7 heteroatoms. The molecule has 0 bridgehead atoms. The Hall–Kier alpha value is -3.19. The zero-order chi connectivity index (χ0) is 20.9. The number of carbonyl (C=O) groups is 1. The number of ether oxygens (including phenoxy) is 1. The third kappa shape index (κ3) is 4.68. The van der Waals surface area contributed by atoms with Crippen LogP contribution in [-0.4, -0.2) is 58.9 Å². The Bertz CT molecular complexity index is 946. The van der Waals surface area contributed by atoms with E-state index in [0.717, 1.165) is 36.4 Å². The van der Waals surface area contributed by atoms with Crippen LogP contribution in [0.4, 0.5) is 5.69 Å². The van der Waals surface area contributed by atoms with Crippen molar-refractivity contribution in [2.24, 2.45) is 0 Å². The second-order valence-corrected chi connectivity index (χ2v) is 7.77. The fraction of sp³-hybridized carbons (Fsp3) is 0.348. The molecule has 30 heavy (non-hydrogen) atoms. The second-order valence-electron chi connectivity index (χ2n) is 7.77. The molecule has 4 rings (SSSR count). The topological polar surface area (TPSA) is 63.5 Å². The Morgan fingerprint density at radius 1 is 1.13 bits per heavy atom. The maximum absolute atomic E-state index is 13.3. The van der Waals surface area contributed by atoms with E-state index in [4.69, 9.17) is 4.74 Å². The highest BCUT2D eigenvalue weighted by atomic mass is 16.5. The van der Waals surface area contributed by atoms with Crippen molar-refractivity contribution in [3.63, 3.8) is 0 Å². The summed E-state index contributed by atoms with van der Waals surface area (Å²) in [7, 11) is 4.04. The number of rotatable bonds is 7. The molecule has 3 aromatic rings. The monoisotopic (exact) mass is 405 g/mol. The molecule has 0 radical (unpaired) electrons. The van der Waals surface area contributed by atoms with Crippen LogP contribution in [-0.2, 0) is 11.3 Å². The predicted octanol–water partition coefficient (Wildman–Crippen LogP) is 3.15. The molecular formula is C23H27N5O2. The lowest BCUT2D eigenvalue weighted by Crippen LogP contribution is -2.37. The summed E-state index contributed by atoms with van der Waals surface area (Å²) < 4.78 is 7.48. The van der Waals surface area contributed by atoms with E-state index in [2.05, 4.69) is 39.2 Å². The van der Waals surface area contributed by atoms with Crippen LogP contribution >= 0.6 is 0 Å². The maximum Gasteiger partial charge on any atom is 0.254 e. The van der Waals surface area contributed by atoms with E-state index in [0.29, 0.717) is 18.7 Å². The molecule has 7 nitrogen and oxygen atoms in total. The summed E-state index contributed by atoms with van der Waals surface area (Å²) in [5.74, 6) is 0.00678. The maximum atomic E-state index is 13.3. The average molecular weight is 406 g/mol. The van der Waals surface area contributed by atoms with Gasteiger partial charge in [0.05, 0.1) is 11.8 Å². The van der Waals surface area contributed by atoms with Gasteiger partial charge in [0.25, 0.3) is 5.91 Å². The van der Waals surface area contributed by atoms with Gasteiger partial charge in [-0.05, 0) is 54.8 Å². The van der Waals surface area contributed by atoms with Crippen LogP contribution in [0.1, 0.15) is 28.8 Å². The number of carbonyl (C=O) groups excluding carboxylic acids is 1. The molecule has 1 fully saturated rings. The molecule has 0 saturated carbocycles. The first-order valence-electron chi connectivity index (χ1n) is 10.2. The van der Waals surface area contributed by atoms with Gasteiger partial charge in [0, 0.05) is 45.0 Å². The molecule has 0 spiro atoms. The minimum Gasteiger partial charge on any atom is -0.378 e. The predicted molar refractivity (Wildman–Crippen MR) is 116 cm³/mol. The highest BCUT2D eigenvalue weighted by molar-refractivity contribution is 5.94. The van der Waals surface area contributed by atoms with Gasteiger partial charge in [-0.1, -0.05) is 12.1 Å². The van der Waals surface area contributed by atoms with E-state index >= 15 is 0 Å². The van der Waals surface area contributed by atoms with Gasteiger partial charge in [-0.15, -0.1) is 0 Å². The fourth-order valence-corrected chi connectivity index (χ4v) is 3.65. The van der Waals surface area contributed by atoms with Crippen molar-refractivity contribution in [2.75, 3.05) is 32.1 Å². The van der Waals surface area contributed by atoms with Crippen molar-refractivity contribution in [1.82, 2.24) is 19.7 Å². The summed E-state index contributed by atoms with van der Waals surface area (Å²) in [6, 6.07) is 15.8. The number of hydrogen-bond acceptors (Lipinski definition) is 5. The molecular weight excluding hydrogens is 378 g/mol. The highest BCUT2D eigenvalue weighted by Gasteiger charge is 2.24. The number of aromatic nitrogens is 3. The number of amides is 1. The van der Waals surface area contributed by atoms with Gasteiger partial charge in [0.2, 0.25) is 0 Å². The first kappa shape index (κ1) is 20.1. The molecule has 0 aliphatic carbocycles. The summed E-state index contributed by atoms with van der Waals surface area (Å²) in [6.07, 6.45) is 5.28. The summed E-state index contributed by atoms with van der Waals surface area (Å²) in [4.78, 5) is 21.3. The lowest BCUT2D eigenvalue weighted by Gasteiger charge is -2.26. The minimum absolute atomic E-state index is 0.00678. The summed E-state index contributed by atoms with van der Waals surface area (Å²) in [5, 5.41) is 4.13. The Kier molecular flexibility index (Phi) is 6.09. The SMILES string of the molecule is CN(C)c1ccc(CN(CC2CCCO2)C(=O)c2ccc(-n3cncn3)cc2)cc1. The molecule has 1 amide bonds. The first-order chi connectivity index (χ1) is 14.6. The molecule has 1 unspecified atom stereocenters. The summed E-state index contributed by atoms with van der Waals surface area (Å²) >= 11 is 0. The minimum atomic E-state index is 0.00678. The summed E-state index contributed by atoms with van der Waals surface area (Å²) in [6.45, 7) is 1.92. The van der Waals surface area contributed by atoms with Crippen LogP contribution in [0, 0.1) is 0 Å². The lowest BCUT2D eigenvalue weighted by molar-refractivity contribution is 0.0507. The van der Waals surface area contributed by atoms with Gasteiger partial charge in [-0.2, -0.15) is 5.10 Å². The third-order valence-corrected chi connectivity index (χ3v) is 5.36. The van der Waals surface area contributed by atoms with E-state index in [9.17, 15) is 4.79 Å². The van der Waals surface area contributed by atoms with Crippen molar-refractivity contribution in [3.8, 4) is 5.69 Å². The molecule has 156 valence electrons. The molecule has 1 aliphatic heterocycles. The van der Waals surface area contributed by atoms with Crippen molar-refractivity contribution in [2.45, 2.75) is 25.5 Å². The lowest BCUT2D eigenvalue weighted by atomic mass is 10.1. The van der Waals surface area contributed by atoms with Crippen molar-refractivity contribution >= 4 is 11.6 Å². The quantitative estimate of drug-likeness (QED) is 0.604. The largest absolute Gasteiger partial charge is 0.378 e. The Morgan fingerprint density at radius 3 is 2.50 bits per heavy atom. The van der Waals surface area contributed by atoms with E-state index in [1.165, 1.54) is 6.33 Å². The standard InChI is InChI=1S/C23H27N5O2/c1-26(2)20-9-5-18(6-10-20)14-27(15-22-4-3-13-30-22)23(29)19-7-11-21(12-8-19)28-17-24-16-25-28/h5-12,16-17,22H,3-4,13-15H2,1-2H3. The van der Waals surface area contributed by atoms with Gasteiger partial charge in [-0.3, -0.25) is 4.79 Å². The van der Waals surface area contributed by atoms with Crippen LogP contribution < -0.4 is 4.90 Å². The van der Waals surface area contributed by atoms with Crippen LogP contribution in [0.2, 0.25) is 0 Å². The van der Waals surface area contributed by atoms with E-state index in [1.54, 1.807) is 11.0 Å². The Morgan fingerprint density at radius 2 is 1.90 bits per heavy atom. The van der Waals surface area contributed by atoms with Crippen LogP contribution in [0.5, 0.6) is 0 Å². The van der Waals surface area contributed by atoms with Crippen molar-refractivity contribution in [1.29, 1.82) is 0 Å². The molecule has 1 atom stereocenters. The molecule has 1 aliphatic rings. The van der Waals surface area contributed by atoms with Gasteiger partial charge >= 0.3 is 0 Å². The summed E-state index contributed by atoms with van der Waals surface area (Å²) in [5.41, 5.74) is 3.77. The van der Waals surface area contributed by atoms with E-state index < -0.39 is 0 Å². The number of nitrogens with zero attached hydrogens (tertiary/aromatic N) is 5. The third-order valence-electron chi connectivity index (χ3n) is 5.36. The Labute approximate surface area is 176 Å². The van der Waals surface area contributed by atoms with E-state index in [-0.39, 0.29) is 12.0 Å². The van der Waals surface area contributed by atoms with Gasteiger partial charge in [0.1, 0.15) is 12.7 Å². The van der Waals surface area contributed by atoms with Gasteiger partial charge < -0.3 is 14.5 Å². The number of benzene rings is 2. The molecule has 2 aromatic carbocycles. The average Bonchev–Trinajstić information content (AvgIpc) is 3.48. The molecule has 2 heterocycles. The molecule has 1 aromatic heterocycles. The second kappa shape index (κ2) is 9.09. The zero-order valence-electron chi connectivity index (χ0n) is 17.4. The van der Waals surface area contributed by atoms with Crippen molar-refractivity contribution < 1.29 is 9.53 Å². The van der Waals surface area contributed by atoms with Crippen LogP contribution in [0.3, 0.4) is 0 Å². The van der Waals surface area contributed by atoms with Crippen LogP contribution in [0.25, 0.3) is 5.69 Å². The fourth-order valence-electron chi connectivity index (χ4n) is 3.65. The van der Waals surface area contributed by atoms with Gasteiger partial charge in [-0.25, -0.2) is 9.67 Å².